The van der Waals surface area contributed by atoms with Crippen LogP contribution in [-0.4, -0.2) is 23.0 Å². The minimum absolute atomic E-state index is 0.0540. The Kier molecular flexibility index (Phi) is 4.44. The van der Waals surface area contributed by atoms with Crippen LogP contribution in [0, 0.1) is 10.1 Å². The zero-order valence-electron chi connectivity index (χ0n) is 13.2. The van der Waals surface area contributed by atoms with Crippen LogP contribution in [0.15, 0.2) is 54.2 Å². The van der Waals surface area contributed by atoms with Crippen molar-refractivity contribution >= 4 is 46.4 Å². The van der Waals surface area contributed by atoms with Crippen molar-refractivity contribution in [3.8, 4) is 0 Å². The lowest BCUT2D eigenvalue weighted by atomic mass is 10.1. The molecule has 1 amide bonds. The maximum atomic E-state index is 11.7. The van der Waals surface area contributed by atoms with E-state index in [1.165, 1.54) is 12.1 Å². The number of anilines is 2. The topological polar surface area (TPSA) is 87.5 Å². The molecule has 2 aromatic rings. The van der Waals surface area contributed by atoms with Gasteiger partial charge in [-0.2, -0.15) is 0 Å². The second-order valence-electron chi connectivity index (χ2n) is 5.37. The number of nitrogens with zero attached hydrogens (tertiary/aromatic N) is 2. The Hall–Kier alpha value is -3.26. The highest BCUT2D eigenvalue weighted by Gasteiger charge is 2.22. The van der Waals surface area contributed by atoms with Gasteiger partial charge in [0.15, 0.2) is 5.11 Å². The van der Waals surface area contributed by atoms with E-state index in [4.69, 9.17) is 12.2 Å². The first-order chi connectivity index (χ1) is 12.0. The van der Waals surface area contributed by atoms with Crippen LogP contribution in [0.1, 0.15) is 5.56 Å². The number of rotatable bonds is 4. The summed E-state index contributed by atoms with van der Waals surface area (Å²) >= 11 is 4.87. The molecule has 0 spiro atoms. The number of nitro groups is 1. The van der Waals surface area contributed by atoms with Crippen LogP contribution >= 0.6 is 12.2 Å². The van der Waals surface area contributed by atoms with Gasteiger partial charge in [-0.25, -0.2) is 0 Å². The molecule has 126 valence electrons. The SMILES string of the molecule is CN(c1ccccc1)c1ccc(/C=C2\NC(=S)NC2=O)cc1[N+](=O)[O-]. The third-order valence-electron chi connectivity index (χ3n) is 3.73. The lowest BCUT2D eigenvalue weighted by Crippen LogP contribution is -2.21. The molecule has 1 saturated heterocycles. The Morgan fingerprint density at radius 2 is 1.88 bits per heavy atom. The summed E-state index contributed by atoms with van der Waals surface area (Å²) in [5.41, 5.74) is 2.01. The molecule has 1 aliphatic heterocycles. The number of thiocarbonyl (C=S) groups is 1. The minimum atomic E-state index is -0.441. The van der Waals surface area contributed by atoms with Gasteiger partial charge in [-0.1, -0.05) is 24.3 Å². The predicted molar refractivity (Wildman–Crippen MR) is 99.5 cm³/mol. The first-order valence-corrected chi connectivity index (χ1v) is 7.78. The van der Waals surface area contributed by atoms with Crippen LogP contribution in [0.3, 0.4) is 0 Å². The minimum Gasteiger partial charge on any atom is -0.339 e. The number of benzene rings is 2. The number of carbonyl (C=O) groups excluding carboxylic acids is 1. The Bertz CT molecular complexity index is 896. The fourth-order valence-corrected chi connectivity index (χ4v) is 2.70. The summed E-state index contributed by atoms with van der Waals surface area (Å²) in [6.07, 6.45) is 1.52. The normalized spacial score (nSPS) is 15.0. The smallest absolute Gasteiger partial charge is 0.293 e. The van der Waals surface area contributed by atoms with E-state index in [1.54, 1.807) is 24.1 Å². The fourth-order valence-electron chi connectivity index (χ4n) is 2.50. The van der Waals surface area contributed by atoms with Crippen molar-refractivity contribution in [2.45, 2.75) is 0 Å². The number of carbonyl (C=O) groups is 1. The third kappa shape index (κ3) is 3.48. The maximum Gasteiger partial charge on any atom is 0.293 e. The van der Waals surface area contributed by atoms with E-state index >= 15 is 0 Å². The number of hydrogen-bond donors (Lipinski definition) is 2. The molecule has 1 heterocycles. The molecule has 0 atom stereocenters. The van der Waals surface area contributed by atoms with E-state index < -0.39 is 4.92 Å². The molecule has 0 saturated carbocycles. The number of hydrogen-bond acceptors (Lipinski definition) is 5. The third-order valence-corrected chi connectivity index (χ3v) is 3.94. The van der Waals surface area contributed by atoms with Gasteiger partial charge in [-0.05, 0) is 42.1 Å². The molecule has 2 aromatic carbocycles. The molecule has 8 heteroatoms. The molecule has 0 unspecified atom stereocenters. The van der Waals surface area contributed by atoms with Gasteiger partial charge < -0.3 is 10.2 Å². The Morgan fingerprint density at radius 3 is 2.48 bits per heavy atom. The monoisotopic (exact) mass is 354 g/mol. The van der Waals surface area contributed by atoms with E-state index in [9.17, 15) is 14.9 Å². The molecule has 0 radical (unpaired) electrons. The van der Waals surface area contributed by atoms with Crippen LogP contribution in [0.4, 0.5) is 17.1 Å². The van der Waals surface area contributed by atoms with Crippen molar-refractivity contribution < 1.29 is 9.72 Å². The molecule has 25 heavy (non-hydrogen) atoms. The second kappa shape index (κ2) is 6.70. The van der Waals surface area contributed by atoms with Gasteiger partial charge >= 0.3 is 0 Å². The highest BCUT2D eigenvalue weighted by atomic mass is 32.1. The lowest BCUT2D eigenvalue weighted by molar-refractivity contribution is -0.384. The van der Waals surface area contributed by atoms with E-state index in [1.807, 2.05) is 30.3 Å². The van der Waals surface area contributed by atoms with E-state index in [-0.39, 0.29) is 22.4 Å². The van der Waals surface area contributed by atoms with Crippen LogP contribution in [-0.2, 0) is 4.79 Å². The predicted octanol–water partition coefficient (Wildman–Crippen LogP) is 2.71. The van der Waals surface area contributed by atoms with Crippen LogP contribution in [0.5, 0.6) is 0 Å². The molecular weight excluding hydrogens is 340 g/mol. The number of nitro benzene ring substituents is 1. The van der Waals surface area contributed by atoms with Crippen molar-refractivity contribution in [1.29, 1.82) is 0 Å². The summed E-state index contributed by atoms with van der Waals surface area (Å²) in [5.74, 6) is -0.363. The number of nitrogens with one attached hydrogen (secondary N) is 2. The van der Waals surface area contributed by atoms with Gasteiger partial charge in [0.25, 0.3) is 11.6 Å². The fraction of sp³-hybridized carbons (Fsp3) is 0.0588. The van der Waals surface area contributed by atoms with Gasteiger partial charge in [0.05, 0.1) is 4.92 Å². The van der Waals surface area contributed by atoms with Crippen LogP contribution < -0.4 is 15.5 Å². The Morgan fingerprint density at radius 1 is 1.16 bits per heavy atom. The second-order valence-corrected chi connectivity index (χ2v) is 5.77. The lowest BCUT2D eigenvalue weighted by Gasteiger charge is -2.19. The molecule has 0 aliphatic carbocycles. The molecule has 0 bridgehead atoms. The Balaban J connectivity index is 1.99. The maximum absolute atomic E-state index is 11.7. The quantitative estimate of drug-likeness (QED) is 0.380. The van der Waals surface area contributed by atoms with Crippen molar-refractivity contribution in [2.24, 2.45) is 0 Å². The Labute approximate surface area is 149 Å². The molecule has 1 aliphatic rings. The summed E-state index contributed by atoms with van der Waals surface area (Å²) in [6.45, 7) is 0. The van der Waals surface area contributed by atoms with Crippen molar-refractivity contribution in [1.82, 2.24) is 10.6 Å². The molecular formula is C17H14N4O3S. The molecule has 7 nitrogen and oxygen atoms in total. The largest absolute Gasteiger partial charge is 0.339 e. The summed E-state index contributed by atoms with van der Waals surface area (Å²) < 4.78 is 0. The zero-order chi connectivity index (χ0) is 18.0. The van der Waals surface area contributed by atoms with Gasteiger partial charge in [0.1, 0.15) is 11.4 Å². The average molecular weight is 354 g/mol. The highest BCUT2D eigenvalue weighted by molar-refractivity contribution is 7.80. The summed E-state index contributed by atoms with van der Waals surface area (Å²) in [6, 6.07) is 14.1. The molecule has 0 aromatic heterocycles. The summed E-state index contributed by atoms with van der Waals surface area (Å²) in [5, 5.41) is 16.9. The van der Waals surface area contributed by atoms with Crippen LogP contribution in [0.25, 0.3) is 6.08 Å². The number of amides is 1. The first-order valence-electron chi connectivity index (χ1n) is 7.37. The molecule has 1 fully saturated rings. The standard InChI is InChI=1S/C17H14N4O3S/c1-20(12-5-3-2-4-6-12)14-8-7-11(10-15(14)21(23)24)9-13-16(22)19-17(25)18-13/h2-10H,1H3,(H2,18,19,22,25)/b13-9-. The van der Waals surface area contributed by atoms with Gasteiger partial charge in [0.2, 0.25) is 0 Å². The van der Waals surface area contributed by atoms with Crippen molar-refractivity contribution in [2.75, 3.05) is 11.9 Å². The number of para-hydroxylation sites is 1. The van der Waals surface area contributed by atoms with Crippen molar-refractivity contribution in [3.63, 3.8) is 0 Å². The molecule has 3 rings (SSSR count). The summed E-state index contributed by atoms with van der Waals surface area (Å²) in [7, 11) is 1.76. The first kappa shape index (κ1) is 16.6. The van der Waals surface area contributed by atoms with Gasteiger partial charge in [0, 0.05) is 18.8 Å². The van der Waals surface area contributed by atoms with Crippen LogP contribution in [0.2, 0.25) is 0 Å². The van der Waals surface area contributed by atoms with E-state index in [2.05, 4.69) is 10.6 Å². The average Bonchev–Trinajstić information content (AvgIpc) is 2.92. The highest BCUT2D eigenvalue weighted by Crippen LogP contribution is 2.33. The van der Waals surface area contributed by atoms with Gasteiger partial charge in [-0.15, -0.1) is 0 Å². The van der Waals surface area contributed by atoms with E-state index in [0.29, 0.717) is 11.3 Å². The van der Waals surface area contributed by atoms with Gasteiger partial charge in [-0.3, -0.25) is 20.2 Å². The zero-order valence-corrected chi connectivity index (χ0v) is 14.0. The van der Waals surface area contributed by atoms with Crippen molar-refractivity contribution in [3.05, 3.63) is 69.9 Å². The summed E-state index contributed by atoms with van der Waals surface area (Å²) in [4.78, 5) is 24.5. The van der Waals surface area contributed by atoms with E-state index in [0.717, 1.165) is 5.69 Å². The molecule has 2 N–H and O–H groups in total.